The third kappa shape index (κ3) is 8.82. The summed E-state index contributed by atoms with van der Waals surface area (Å²) in [7, 11) is 3.17. The van der Waals surface area contributed by atoms with E-state index in [1.165, 1.54) is 13.2 Å². The summed E-state index contributed by atoms with van der Waals surface area (Å²) in [6.07, 6.45) is 2.97. The van der Waals surface area contributed by atoms with Crippen molar-refractivity contribution < 1.29 is 27.7 Å². The van der Waals surface area contributed by atoms with E-state index < -0.39 is 6.61 Å². The first-order valence-corrected chi connectivity index (χ1v) is 9.84. The minimum Gasteiger partial charge on any atom is -0.497 e. The molecule has 0 atom stereocenters. The number of methoxy groups -OCH3 is 1. The predicted octanol–water partition coefficient (Wildman–Crippen LogP) is 2.79. The summed E-state index contributed by atoms with van der Waals surface area (Å²) in [6, 6.07) is 4.70. The molecule has 7 nitrogen and oxygen atoms in total. The quantitative estimate of drug-likeness (QED) is 0.329. The van der Waals surface area contributed by atoms with Gasteiger partial charge in [0.25, 0.3) is 0 Å². The minimum atomic E-state index is -2.89. The molecule has 29 heavy (non-hydrogen) atoms. The third-order valence-electron chi connectivity index (χ3n) is 4.61. The van der Waals surface area contributed by atoms with Crippen molar-refractivity contribution in [3.8, 4) is 11.5 Å². The number of aliphatic imine (C=N–C) groups is 1. The van der Waals surface area contributed by atoms with Gasteiger partial charge in [0.15, 0.2) is 5.96 Å². The zero-order valence-corrected chi connectivity index (χ0v) is 17.1. The third-order valence-corrected chi connectivity index (χ3v) is 4.61. The molecule has 0 spiro atoms. The van der Waals surface area contributed by atoms with Crippen LogP contribution in [0.1, 0.15) is 24.8 Å². The molecule has 0 radical (unpaired) electrons. The van der Waals surface area contributed by atoms with E-state index in [1.807, 2.05) is 0 Å². The molecular weight excluding hydrogens is 384 g/mol. The smallest absolute Gasteiger partial charge is 0.387 e. The Morgan fingerprint density at radius 1 is 1.28 bits per heavy atom. The second-order valence-electron chi connectivity index (χ2n) is 6.69. The molecule has 1 aromatic rings. The van der Waals surface area contributed by atoms with E-state index in [0.29, 0.717) is 36.3 Å². The van der Waals surface area contributed by atoms with Gasteiger partial charge in [0.05, 0.1) is 7.11 Å². The Balaban J connectivity index is 1.70. The molecule has 0 saturated carbocycles. The van der Waals surface area contributed by atoms with E-state index >= 15 is 0 Å². The zero-order chi connectivity index (χ0) is 20.9. The summed E-state index contributed by atoms with van der Waals surface area (Å²) in [5.74, 6) is 1.83. The molecule has 0 aliphatic carbocycles. The first-order chi connectivity index (χ1) is 14.1. The number of guanidine groups is 1. The summed E-state index contributed by atoms with van der Waals surface area (Å²) in [4.78, 5) is 4.15. The molecule has 0 unspecified atom stereocenters. The van der Waals surface area contributed by atoms with Crippen LogP contribution in [0.4, 0.5) is 8.78 Å². The SMILES string of the molecule is CN=C(NCCCOCC1CCOCC1)NCc1cc(OC)ccc1OC(F)F. The van der Waals surface area contributed by atoms with E-state index in [4.69, 9.17) is 14.2 Å². The Morgan fingerprint density at radius 2 is 2.07 bits per heavy atom. The zero-order valence-electron chi connectivity index (χ0n) is 17.1. The average Bonchev–Trinajstić information content (AvgIpc) is 2.74. The number of halogens is 2. The highest BCUT2D eigenvalue weighted by molar-refractivity contribution is 5.79. The first kappa shape index (κ1) is 23.2. The summed E-state index contributed by atoms with van der Waals surface area (Å²) >= 11 is 0. The largest absolute Gasteiger partial charge is 0.497 e. The van der Waals surface area contributed by atoms with Crippen molar-refractivity contribution in [1.29, 1.82) is 0 Å². The molecule has 0 aromatic heterocycles. The predicted molar refractivity (Wildman–Crippen MR) is 107 cm³/mol. The highest BCUT2D eigenvalue weighted by Crippen LogP contribution is 2.25. The lowest BCUT2D eigenvalue weighted by molar-refractivity contribution is -0.0505. The molecule has 1 aromatic carbocycles. The monoisotopic (exact) mass is 415 g/mol. The number of hydrogen-bond donors (Lipinski definition) is 2. The van der Waals surface area contributed by atoms with Crippen molar-refractivity contribution in [2.45, 2.75) is 32.4 Å². The van der Waals surface area contributed by atoms with Crippen LogP contribution in [0.2, 0.25) is 0 Å². The Hall–Kier alpha value is -2.13. The number of hydrogen-bond acceptors (Lipinski definition) is 5. The van der Waals surface area contributed by atoms with Gasteiger partial charge in [-0.2, -0.15) is 8.78 Å². The summed E-state index contributed by atoms with van der Waals surface area (Å²) in [6.45, 7) is 1.17. The van der Waals surface area contributed by atoms with Crippen LogP contribution in [0, 0.1) is 5.92 Å². The lowest BCUT2D eigenvalue weighted by Crippen LogP contribution is -2.37. The van der Waals surface area contributed by atoms with E-state index in [9.17, 15) is 8.78 Å². The van der Waals surface area contributed by atoms with Crippen molar-refractivity contribution in [2.75, 3.05) is 47.1 Å². The molecule has 1 saturated heterocycles. The number of alkyl halides is 2. The van der Waals surface area contributed by atoms with Crippen LogP contribution in [0.5, 0.6) is 11.5 Å². The van der Waals surface area contributed by atoms with E-state index in [1.54, 1.807) is 19.2 Å². The van der Waals surface area contributed by atoms with Gasteiger partial charge in [-0.25, -0.2) is 0 Å². The number of benzene rings is 1. The van der Waals surface area contributed by atoms with Crippen LogP contribution in [0.3, 0.4) is 0 Å². The summed E-state index contributed by atoms with van der Waals surface area (Å²) in [5, 5.41) is 6.28. The second kappa shape index (κ2) is 13.2. The van der Waals surface area contributed by atoms with Gasteiger partial charge in [-0.1, -0.05) is 0 Å². The van der Waals surface area contributed by atoms with Gasteiger partial charge in [0, 0.05) is 52.1 Å². The Bertz CT molecular complexity index is 626. The normalized spacial score (nSPS) is 15.4. The fourth-order valence-corrected chi connectivity index (χ4v) is 2.98. The van der Waals surface area contributed by atoms with Crippen molar-refractivity contribution in [1.82, 2.24) is 10.6 Å². The van der Waals surface area contributed by atoms with Crippen LogP contribution in [0.25, 0.3) is 0 Å². The van der Waals surface area contributed by atoms with Gasteiger partial charge in [-0.15, -0.1) is 0 Å². The molecule has 1 aliphatic heterocycles. The highest BCUT2D eigenvalue weighted by Gasteiger charge is 2.14. The molecule has 1 aliphatic rings. The Kier molecular flexibility index (Phi) is 10.5. The van der Waals surface area contributed by atoms with Crippen LogP contribution in [-0.2, 0) is 16.0 Å². The minimum absolute atomic E-state index is 0.102. The fourth-order valence-electron chi connectivity index (χ4n) is 2.98. The number of ether oxygens (including phenoxy) is 4. The van der Waals surface area contributed by atoms with Crippen LogP contribution >= 0.6 is 0 Å². The maximum Gasteiger partial charge on any atom is 0.387 e. The molecule has 0 amide bonds. The van der Waals surface area contributed by atoms with Crippen LogP contribution in [-0.4, -0.2) is 59.7 Å². The maximum absolute atomic E-state index is 12.6. The lowest BCUT2D eigenvalue weighted by Gasteiger charge is -2.21. The fraction of sp³-hybridized carbons (Fsp3) is 0.650. The first-order valence-electron chi connectivity index (χ1n) is 9.84. The Labute approximate surface area is 170 Å². The van der Waals surface area contributed by atoms with Crippen molar-refractivity contribution in [3.05, 3.63) is 23.8 Å². The van der Waals surface area contributed by atoms with Crippen molar-refractivity contribution in [3.63, 3.8) is 0 Å². The molecule has 1 heterocycles. The second-order valence-corrected chi connectivity index (χ2v) is 6.69. The molecule has 0 bridgehead atoms. The van der Waals surface area contributed by atoms with E-state index in [-0.39, 0.29) is 12.3 Å². The van der Waals surface area contributed by atoms with Crippen LogP contribution < -0.4 is 20.1 Å². The topological polar surface area (TPSA) is 73.3 Å². The van der Waals surface area contributed by atoms with Gasteiger partial charge >= 0.3 is 6.61 Å². The van der Waals surface area contributed by atoms with Crippen molar-refractivity contribution >= 4 is 5.96 Å². The van der Waals surface area contributed by atoms with Gasteiger partial charge in [0.1, 0.15) is 11.5 Å². The highest BCUT2D eigenvalue weighted by atomic mass is 19.3. The summed E-state index contributed by atoms with van der Waals surface area (Å²) < 4.78 is 46.0. The summed E-state index contributed by atoms with van der Waals surface area (Å²) in [5.41, 5.74) is 0.549. The van der Waals surface area contributed by atoms with Crippen LogP contribution in [0.15, 0.2) is 23.2 Å². The number of rotatable bonds is 11. The standard InChI is InChI=1S/C20H31F2N3O4/c1-23-20(24-8-3-9-28-14-15-6-10-27-11-7-15)25-13-16-12-17(26-2)4-5-18(16)29-19(21)22/h4-5,12,15,19H,3,6-11,13-14H2,1-2H3,(H2,23,24,25). The number of nitrogens with zero attached hydrogens (tertiary/aromatic N) is 1. The molecule has 2 rings (SSSR count). The maximum atomic E-state index is 12.6. The lowest BCUT2D eigenvalue weighted by atomic mass is 10.0. The van der Waals surface area contributed by atoms with Gasteiger partial charge in [0.2, 0.25) is 0 Å². The molecule has 2 N–H and O–H groups in total. The van der Waals surface area contributed by atoms with Gasteiger partial charge in [-0.3, -0.25) is 4.99 Å². The Morgan fingerprint density at radius 3 is 2.76 bits per heavy atom. The average molecular weight is 415 g/mol. The molecule has 164 valence electrons. The van der Waals surface area contributed by atoms with E-state index in [2.05, 4.69) is 20.4 Å². The number of nitrogens with one attached hydrogen (secondary N) is 2. The molecule has 1 fully saturated rings. The van der Waals surface area contributed by atoms with Gasteiger partial charge in [-0.05, 0) is 43.4 Å². The molecular formula is C20H31F2N3O4. The van der Waals surface area contributed by atoms with Gasteiger partial charge < -0.3 is 29.6 Å². The molecule has 9 heteroatoms. The van der Waals surface area contributed by atoms with Crippen molar-refractivity contribution in [2.24, 2.45) is 10.9 Å². The van der Waals surface area contributed by atoms with E-state index in [0.717, 1.165) is 39.1 Å².